The highest BCUT2D eigenvalue weighted by Gasteiger charge is 2.22. The molecule has 0 aliphatic carbocycles. The molecule has 1 heterocycles. The van der Waals surface area contributed by atoms with Crippen molar-refractivity contribution in [1.82, 2.24) is 9.80 Å². The molecule has 0 radical (unpaired) electrons. The van der Waals surface area contributed by atoms with Crippen LogP contribution >= 0.6 is 0 Å². The van der Waals surface area contributed by atoms with Gasteiger partial charge in [-0.05, 0) is 49.2 Å². The van der Waals surface area contributed by atoms with Gasteiger partial charge in [-0.3, -0.25) is 9.69 Å². The van der Waals surface area contributed by atoms with Crippen molar-refractivity contribution in [1.29, 1.82) is 0 Å². The molecule has 2 aromatic rings. The first-order valence-electron chi connectivity index (χ1n) is 9.46. The Morgan fingerprint density at radius 1 is 1.00 bits per heavy atom. The first-order valence-corrected chi connectivity index (χ1v) is 9.46. The van der Waals surface area contributed by atoms with Crippen LogP contribution in [-0.4, -0.2) is 55.5 Å². The maximum atomic E-state index is 12.8. The van der Waals surface area contributed by atoms with Crippen LogP contribution in [0.25, 0.3) is 0 Å². The molecule has 0 saturated carbocycles. The Kier molecular flexibility index (Phi) is 5.94. The van der Waals surface area contributed by atoms with Crippen LogP contribution in [-0.2, 0) is 6.54 Å². The van der Waals surface area contributed by atoms with Gasteiger partial charge >= 0.3 is 0 Å². The van der Waals surface area contributed by atoms with Gasteiger partial charge in [0.2, 0.25) is 0 Å². The Balaban J connectivity index is 1.56. The zero-order valence-corrected chi connectivity index (χ0v) is 16.1. The number of carbonyl (C=O) groups excluding carboxylic acids is 1. The summed E-state index contributed by atoms with van der Waals surface area (Å²) < 4.78 is 0. The third-order valence-corrected chi connectivity index (χ3v) is 5.34. The number of carbonyl (C=O) groups is 1. The van der Waals surface area contributed by atoms with Crippen molar-refractivity contribution in [2.24, 2.45) is 0 Å². The van der Waals surface area contributed by atoms with Gasteiger partial charge in [0.25, 0.3) is 5.91 Å². The number of hydrogen-bond donors (Lipinski definition) is 0. The van der Waals surface area contributed by atoms with E-state index < -0.39 is 0 Å². The molecule has 0 atom stereocenters. The van der Waals surface area contributed by atoms with Gasteiger partial charge in [0.15, 0.2) is 0 Å². The van der Waals surface area contributed by atoms with Crippen LogP contribution in [0.5, 0.6) is 0 Å². The molecule has 0 unspecified atom stereocenters. The number of anilines is 1. The summed E-state index contributed by atoms with van der Waals surface area (Å²) in [7, 11) is 2.06. The lowest BCUT2D eigenvalue weighted by Crippen LogP contribution is -2.48. The SMILES string of the molecule is CCN(C)c1ccc(C(=O)N2CCN(Cc3ccccc3C)CC2)cc1. The van der Waals surface area contributed by atoms with Crippen LogP contribution in [0.1, 0.15) is 28.4 Å². The highest BCUT2D eigenvalue weighted by Crippen LogP contribution is 2.17. The number of rotatable bonds is 5. The minimum absolute atomic E-state index is 0.145. The summed E-state index contributed by atoms with van der Waals surface area (Å²) >= 11 is 0. The molecule has 0 N–H and O–H groups in total. The van der Waals surface area contributed by atoms with Crippen molar-refractivity contribution in [3.8, 4) is 0 Å². The predicted octanol–water partition coefficient (Wildman–Crippen LogP) is 3.41. The number of aryl methyl sites for hydroxylation is 1. The fourth-order valence-electron chi connectivity index (χ4n) is 3.36. The van der Waals surface area contributed by atoms with E-state index in [0.29, 0.717) is 0 Å². The zero-order valence-electron chi connectivity index (χ0n) is 16.1. The van der Waals surface area contributed by atoms with E-state index in [1.54, 1.807) is 0 Å². The van der Waals surface area contributed by atoms with Crippen LogP contribution in [0, 0.1) is 6.92 Å². The molecule has 4 nitrogen and oxygen atoms in total. The Morgan fingerprint density at radius 3 is 2.27 bits per heavy atom. The van der Waals surface area contributed by atoms with E-state index in [9.17, 15) is 4.79 Å². The molecule has 1 aliphatic heterocycles. The Labute approximate surface area is 157 Å². The standard InChI is InChI=1S/C22H29N3O/c1-4-23(3)21-11-9-19(10-12-21)22(26)25-15-13-24(14-16-25)17-20-8-6-5-7-18(20)2/h5-12H,4,13-17H2,1-3H3. The van der Waals surface area contributed by atoms with Crippen LogP contribution in [0.3, 0.4) is 0 Å². The lowest BCUT2D eigenvalue weighted by atomic mass is 10.1. The second kappa shape index (κ2) is 8.37. The molecule has 1 aliphatic rings. The molecule has 3 rings (SSSR count). The fourth-order valence-corrected chi connectivity index (χ4v) is 3.36. The first-order chi connectivity index (χ1) is 12.6. The third-order valence-electron chi connectivity index (χ3n) is 5.34. The Hall–Kier alpha value is -2.33. The molecule has 0 spiro atoms. The first kappa shape index (κ1) is 18.5. The minimum Gasteiger partial charge on any atom is -0.375 e. The van der Waals surface area contributed by atoms with Gasteiger partial charge in [-0.25, -0.2) is 0 Å². The summed E-state index contributed by atoms with van der Waals surface area (Å²) in [6.07, 6.45) is 0. The molecule has 1 saturated heterocycles. The summed E-state index contributed by atoms with van der Waals surface area (Å²) in [4.78, 5) is 19.3. The van der Waals surface area contributed by atoms with E-state index in [4.69, 9.17) is 0 Å². The van der Waals surface area contributed by atoms with Gasteiger partial charge in [0, 0.05) is 57.6 Å². The zero-order chi connectivity index (χ0) is 18.5. The lowest BCUT2D eigenvalue weighted by Gasteiger charge is -2.35. The molecule has 138 valence electrons. The molecule has 4 heteroatoms. The van der Waals surface area contributed by atoms with E-state index in [-0.39, 0.29) is 5.91 Å². The summed E-state index contributed by atoms with van der Waals surface area (Å²) in [5, 5.41) is 0. The van der Waals surface area contributed by atoms with Crippen molar-refractivity contribution in [3.05, 3.63) is 65.2 Å². The maximum absolute atomic E-state index is 12.8. The van der Waals surface area contributed by atoms with Crippen molar-refractivity contribution < 1.29 is 4.79 Å². The summed E-state index contributed by atoms with van der Waals surface area (Å²) in [5.41, 5.74) is 4.64. The van der Waals surface area contributed by atoms with Crippen LogP contribution in [0.15, 0.2) is 48.5 Å². The summed E-state index contributed by atoms with van der Waals surface area (Å²) in [6.45, 7) is 9.64. The van der Waals surface area contributed by atoms with E-state index >= 15 is 0 Å². The number of benzene rings is 2. The van der Waals surface area contributed by atoms with Crippen LogP contribution in [0.4, 0.5) is 5.69 Å². The van der Waals surface area contributed by atoms with Gasteiger partial charge in [0.1, 0.15) is 0 Å². The largest absolute Gasteiger partial charge is 0.375 e. The van der Waals surface area contributed by atoms with Gasteiger partial charge in [-0.2, -0.15) is 0 Å². The van der Waals surface area contributed by atoms with Crippen molar-refractivity contribution in [3.63, 3.8) is 0 Å². The monoisotopic (exact) mass is 351 g/mol. The fraction of sp³-hybridized carbons (Fsp3) is 0.409. The maximum Gasteiger partial charge on any atom is 0.253 e. The topological polar surface area (TPSA) is 26.8 Å². The van der Waals surface area contributed by atoms with Crippen LogP contribution in [0.2, 0.25) is 0 Å². The number of nitrogens with zero attached hydrogens (tertiary/aromatic N) is 3. The average Bonchev–Trinajstić information content (AvgIpc) is 2.69. The highest BCUT2D eigenvalue weighted by molar-refractivity contribution is 5.94. The molecular formula is C22H29N3O. The normalized spacial score (nSPS) is 15.1. The van der Waals surface area contributed by atoms with E-state index in [0.717, 1.165) is 50.5 Å². The molecule has 1 fully saturated rings. The van der Waals surface area contributed by atoms with Crippen molar-refractivity contribution in [2.75, 3.05) is 44.7 Å². The van der Waals surface area contributed by atoms with Crippen molar-refractivity contribution in [2.45, 2.75) is 20.4 Å². The van der Waals surface area contributed by atoms with E-state index in [1.807, 2.05) is 29.2 Å². The molecule has 0 bridgehead atoms. The number of piperazine rings is 1. The second-order valence-corrected chi connectivity index (χ2v) is 7.06. The van der Waals surface area contributed by atoms with Crippen LogP contribution < -0.4 is 4.90 Å². The average molecular weight is 351 g/mol. The van der Waals surface area contributed by atoms with E-state index in [1.165, 1.54) is 11.1 Å². The number of hydrogen-bond acceptors (Lipinski definition) is 3. The number of amides is 1. The molecule has 2 aromatic carbocycles. The molecule has 1 amide bonds. The van der Waals surface area contributed by atoms with Gasteiger partial charge < -0.3 is 9.80 Å². The quantitative estimate of drug-likeness (QED) is 0.826. The lowest BCUT2D eigenvalue weighted by molar-refractivity contribution is 0.0628. The smallest absolute Gasteiger partial charge is 0.253 e. The summed E-state index contributed by atoms with van der Waals surface area (Å²) in [5.74, 6) is 0.145. The highest BCUT2D eigenvalue weighted by atomic mass is 16.2. The van der Waals surface area contributed by atoms with Gasteiger partial charge in [0.05, 0.1) is 0 Å². The van der Waals surface area contributed by atoms with E-state index in [2.05, 4.69) is 55.0 Å². The second-order valence-electron chi connectivity index (χ2n) is 7.06. The molecule has 0 aromatic heterocycles. The molecule has 26 heavy (non-hydrogen) atoms. The van der Waals surface area contributed by atoms with Gasteiger partial charge in [-0.15, -0.1) is 0 Å². The Morgan fingerprint density at radius 2 is 1.65 bits per heavy atom. The Bertz CT molecular complexity index is 733. The summed E-state index contributed by atoms with van der Waals surface area (Å²) in [6, 6.07) is 16.5. The molecular weight excluding hydrogens is 322 g/mol. The third kappa shape index (κ3) is 4.25. The minimum atomic E-state index is 0.145. The predicted molar refractivity (Wildman–Crippen MR) is 108 cm³/mol. The van der Waals surface area contributed by atoms with Gasteiger partial charge in [-0.1, -0.05) is 24.3 Å². The van der Waals surface area contributed by atoms with Crippen molar-refractivity contribution >= 4 is 11.6 Å².